The van der Waals surface area contributed by atoms with E-state index in [-0.39, 0.29) is 22.8 Å². The third-order valence-electron chi connectivity index (χ3n) is 5.34. The van der Waals surface area contributed by atoms with Crippen molar-refractivity contribution in [3.8, 4) is 11.5 Å². The van der Waals surface area contributed by atoms with Crippen LogP contribution in [0.15, 0.2) is 47.4 Å². The minimum atomic E-state index is -3.56. The molecule has 0 spiro atoms. The van der Waals surface area contributed by atoms with Crippen LogP contribution in [0.25, 0.3) is 0 Å². The maximum atomic E-state index is 12.9. The highest BCUT2D eigenvalue weighted by atomic mass is 32.2. The van der Waals surface area contributed by atoms with Crippen LogP contribution in [-0.2, 0) is 10.0 Å². The van der Waals surface area contributed by atoms with Gasteiger partial charge in [0.05, 0.1) is 10.9 Å². The van der Waals surface area contributed by atoms with Gasteiger partial charge in [0.25, 0.3) is 5.91 Å². The second-order valence-corrected chi connectivity index (χ2v) is 9.65. The molecule has 0 saturated carbocycles. The van der Waals surface area contributed by atoms with Crippen LogP contribution in [0.2, 0.25) is 0 Å². The van der Waals surface area contributed by atoms with Crippen LogP contribution in [0.5, 0.6) is 11.5 Å². The highest BCUT2D eigenvalue weighted by molar-refractivity contribution is 7.89. The van der Waals surface area contributed by atoms with Gasteiger partial charge in [0, 0.05) is 18.7 Å². The number of fused-ring (bicyclic) bond motifs is 1. The zero-order chi connectivity index (χ0) is 22.6. The molecular weight excluding hydrogens is 416 g/mol. The number of benzene rings is 2. The fourth-order valence-corrected chi connectivity index (χ4v) is 5.06. The van der Waals surface area contributed by atoms with Crippen LogP contribution in [0.3, 0.4) is 0 Å². The molecule has 7 nitrogen and oxygen atoms in total. The molecular formula is C23H30N2O5S. The lowest BCUT2D eigenvalue weighted by Gasteiger charge is -2.25. The summed E-state index contributed by atoms with van der Waals surface area (Å²) in [5.41, 5.74) is 1.33. The standard InChI is InChI=1S/C23H30N2O5S/c1-5-25(6-2)31(27,28)19-10-7-17(8-11-19)23(26)24-22(16(3)4)18-9-12-20-21(15-18)30-14-13-29-20/h7-12,15-16,22H,5-6,13-14H2,1-4H3,(H,24,26). The smallest absolute Gasteiger partial charge is 0.251 e. The van der Waals surface area contributed by atoms with E-state index in [1.165, 1.54) is 16.4 Å². The molecule has 3 rings (SSSR count). The summed E-state index contributed by atoms with van der Waals surface area (Å²) in [5.74, 6) is 1.25. The molecule has 2 aromatic rings. The molecule has 1 amide bonds. The second-order valence-electron chi connectivity index (χ2n) is 7.71. The van der Waals surface area contributed by atoms with E-state index in [4.69, 9.17) is 9.47 Å². The van der Waals surface area contributed by atoms with Crippen LogP contribution in [-0.4, -0.2) is 44.9 Å². The summed E-state index contributed by atoms with van der Waals surface area (Å²) in [5, 5.41) is 3.06. The lowest BCUT2D eigenvalue weighted by atomic mass is 9.95. The molecule has 0 bridgehead atoms. The number of rotatable bonds is 8. The Morgan fingerprint density at radius 1 is 1.00 bits per heavy atom. The van der Waals surface area contributed by atoms with Gasteiger partial charge in [-0.05, 0) is 47.9 Å². The zero-order valence-electron chi connectivity index (χ0n) is 18.4. The maximum Gasteiger partial charge on any atom is 0.251 e. The first-order valence-electron chi connectivity index (χ1n) is 10.6. The lowest BCUT2D eigenvalue weighted by Crippen LogP contribution is -2.32. The Kier molecular flexibility index (Phi) is 7.23. The molecule has 0 radical (unpaired) electrons. The Labute approximate surface area is 184 Å². The number of carbonyl (C=O) groups excluding carboxylic acids is 1. The van der Waals surface area contributed by atoms with E-state index in [0.717, 1.165) is 5.56 Å². The number of hydrogen-bond acceptors (Lipinski definition) is 5. The van der Waals surface area contributed by atoms with Crippen LogP contribution in [0, 0.1) is 5.92 Å². The molecule has 0 saturated heterocycles. The number of carbonyl (C=O) groups is 1. The maximum absolute atomic E-state index is 12.9. The Hall–Kier alpha value is -2.58. The average Bonchev–Trinajstić information content (AvgIpc) is 2.77. The van der Waals surface area contributed by atoms with Crippen molar-refractivity contribution in [1.82, 2.24) is 9.62 Å². The van der Waals surface area contributed by atoms with Gasteiger partial charge in [-0.3, -0.25) is 4.79 Å². The first-order valence-corrected chi connectivity index (χ1v) is 12.0. The van der Waals surface area contributed by atoms with E-state index in [1.54, 1.807) is 26.0 Å². The molecule has 31 heavy (non-hydrogen) atoms. The van der Waals surface area contributed by atoms with E-state index in [9.17, 15) is 13.2 Å². The molecule has 0 aliphatic carbocycles. The number of nitrogens with one attached hydrogen (secondary N) is 1. The first kappa shape index (κ1) is 23.1. The van der Waals surface area contributed by atoms with Crippen LogP contribution < -0.4 is 14.8 Å². The van der Waals surface area contributed by atoms with Crippen molar-refractivity contribution in [1.29, 1.82) is 0 Å². The van der Waals surface area contributed by atoms with Crippen LogP contribution >= 0.6 is 0 Å². The first-order chi connectivity index (χ1) is 14.8. The van der Waals surface area contributed by atoms with E-state index < -0.39 is 10.0 Å². The summed E-state index contributed by atoms with van der Waals surface area (Å²) in [6, 6.07) is 11.5. The summed E-state index contributed by atoms with van der Waals surface area (Å²) >= 11 is 0. The van der Waals surface area contributed by atoms with Crippen molar-refractivity contribution in [2.45, 2.75) is 38.6 Å². The topological polar surface area (TPSA) is 84.9 Å². The Morgan fingerprint density at radius 2 is 1.61 bits per heavy atom. The third-order valence-corrected chi connectivity index (χ3v) is 7.40. The molecule has 0 aromatic heterocycles. The number of sulfonamides is 1. The lowest BCUT2D eigenvalue weighted by molar-refractivity contribution is 0.0925. The highest BCUT2D eigenvalue weighted by Gasteiger charge is 2.24. The van der Waals surface area contributed by atoms with Gasteiger partial charge in [-0.1, -0.05) is 33.8 Å². The molecule has 2 aromatic carbocycles. The summed E-state index contributed by atoms with van der Waals surface area (Å²) in [7, 11) is -3.56. The predicted molar refractivity (Wildman–Crippen MR) is 119 cm³/mol. The van der Waals surface area contributed by atoms with Gasteiger partial charge in [0.1, 0.15) is 13.2 Å². The summed E-state index contributed by atoms with van der Waals surface area (Å²) in [6.07, 6.45) is 0. The van der Waals surface area contributed by atoms with Gasteiger partial charge < -0.3 is 14.8 Å². The van der Waals surface area contributed by atoms with E-state index in [2.05, 4.69) is 5.32 Å². The Bertz CT molecular complexity index is 1010. The third kappa shape index (κ3) is 5.02. The van der Waals surface area contributed by atoms with Gasteiger partial charge in [-0.15, -0.1) is 0 Å². The zero-order valence-corrected chi connectivity index (χ0v) is 19.2. The van der Waals surface area contributed by atoms with Gasteiger partial charge in [0.15, 0.2) is 11.5 Å². The molecule has 8 heteroatoms. The van der Waals surface area contributed by atoms with Crippen molar-refractivity contribution in [2.75, 3.05) is 26.3 Å². The van der Waals surface area contributed by atoms with Gasteiger partial charge in [0.2, 0.25) is 10.0 Å². The molecule has 1 aliphatic rings. The van der Waals surface area contributed by atoms with E-state index in [0.29, 0.717) is 43.4 Å². The predicted octanol–water partition coefficient (Wildman–Crippen LogP) is 3.62. The van der Waals surface area contributed by atoms with Crippen molar-refractivity contribution in [2.24, 2.45) is 5.92 Å². The summed E-state index contributed by atoms with van der Waals surface area (Å²) < 4.78 is 37.9. The second kappa shape index (κ2) is 9.70. The quantitative estimate of drug-likeness (QED) is 0.670. The van der Waals surface area contributed by atoms with Crippen molar-refractivity contribution >= 4 is 15.9 Å². The van der Waals surface area contributed by atoms with Crippen molar-refractivity contribution in [3.05, 3.63) is 53.6 Å². The molecule has 0 fully saturated rings. The normalized spacial score (nSPS) is 14.5. The van der Waals surface area contributed by atoms with E-state index in [1.807, 2.05) is 32.0 Å². The fourth-order valence-electron chi connectivity index (χ4n) is 3.60. The van der Waals surface area contributed by atoms with Crippen LogP contribution in [0.4, 0.5) is 0 Å². The monoisotopic (exact) mass is 446 g/mol. The molecule has 1 aliphatic heterocycles. The Balaban J connectivity index is 1.79. The molecule has 1 atom stereocenters. The molecule has 1 N–H and O–H groups in total. The fraction of sp³-hybridized carbons (Fsp3) is 0.435. The largest absolute Gasteiger partial charge is 0.486 e. The molecule has 1 unspecified atom stereocenters. The minimum Gasteiger partial charge on any atom is -0.486 e. The number of amides is 1. The number of ether oxygens (including phenoxy) is 2. The van der Waals surface area contributed by atoms with Crippen molar-refractivity contribution < 1.29 is 22.7 Å². The average molecular weight is 447 g/mol. The summed E-state index contributed by atoms with van der Waals surface area (Å²) in [6.45, 7) is 9.47. The number of hydrogen-bond donors (Lipinski definition) is 1. The van der Waals surface area contributed by atoms with Crippen LogP contribution in [0.1, 0.15) is 49.7 Å². The number of nitrogens with zero attached hydrogens (tertiary/aromatic N) is 1. The van der Waals surface area contributed by atoms with Gasteiger partial charge in [-0.25, -0.2) is 8.42 Å². The van der Waals surface area contributed by atoms with Gasteiger partial charge >= 0.3 is 0 Å². The highest BCUT2D eigenvalue weighted by Crippen LogP contribution is 2.34. The minimum absolute atomic E-state index is 0.133. The SMILES string of the molecule is CCN(CC)S(=O)(=O)c1ccc(C(=O)NC(c2ccc3c(c2)OCCO3)C(C)C)cc1. The molecule has 1 heterocycles. The van der Waals surface area contributed by atoms with Crippen molar-refractivity contribution in [3.63, 3.8) is 0 Å². The van der Waals surface area contributed by atoms with Gasteiger partial charge in [-0.2, -0.15) is 4.31 Å². The Morgan fingerprint density at radius 3 is 2.19 bits per heavy atom. The molecule has 168 valence electrons. The summed E-state index contributed by atoms with van der Waals surface area (Å²) in [4.78, 5) is 13.1. The van der Waals surface area contributed by atoms with E-state index >= 15 is 0 Å².